The predicted molar refractivity (Wildman–Crippen MR) is 73.5 cm³/mol. The molecule has 1 unspecified atom stereocenters. The van der Waals surface area contributed by atoms with Gasteiger partial charge in [-0.25, -0.2) is 14.8 Å². The number of anilines is 1. The molecule has 1 fully saturated rings. The molecule has 0 saturated carbocycles. The van der Waals surface area contributed by atoms with Crippen molar-refractivity contribution in [2.24, 2.45) is 5.92 Å². The maximum absolute atomic E-state index is 11.9. The SMILES string of the molecule is CCOC(=O)c1c(C)nc(N2CCC(C)C2)nc1C. The number of hydrogen-bond acceptors (Lipinski definition) is 5. The Morgan fingerprint density at radius 1 is 1.37 bits per heavy atom. The van der Waals surface area contributed by atoms with Crippen LogP contribution in [0.2, 0.25) is 0 Å². The van der Waals surface area contributed by atoms with Gasteiger partial charge in [-0.2, -0.15) is 0 Å². The summed E-state index contributed by atoms with van der Waals surface area (Å²) in [5.74, 6) is 1.07. The smallest absolute Gasteiger partial charge is 0.341 e. The quantitative estimate of drug-likeness (QED) is 0.782. The van der Waals surface area contributed by atoms with E-state index < -0.39 is 0 Å². The second-order valence-corrected chi connectivity index (χ2v) is 5.13. The largest absolute Gasteiger partial charge is 0.462 e. The van der Waals surface area contributed by atoms with Crippen LogP contribution in [0.1, 0.15) is 42.0 Å². The Morgan fingerprint density at radius 3 is 2.47 bits per heavy atom. The summed E-state index contributed by atoms with van der Waals surface area (Å²) in [6.45, 7) is 10.0. The lowest BCUT2D eigenvalue weighted by Gasteiger charge is -2.18. The van der Waals surface area contributed by atoms with Gasteiger partial charge in [-0.3, -0.25) is 0 Å². The summed E-state index contributed by atoms with van der Waals surface area (Å²) < 4.78 is 5.04. The number of rotatable bonds is 3. The normalized spacial score (nSPS) is 18.7. The highest BCUT2D eigenvalue weighted by Crippen LogP contribution is 2.22. The zero-order valence-corrected chi connectivity index (χ0v) is 12.1. The van der Waals surface area contributed by atoms with Crippen molar-refractivity contribution in [3.63, 3.8) is 0 Å². The molecule has 0 radical (unpaired) electrons. The number of carbonyl (C=O) groups is 1. The minimum Gasteiger partial charge on any atom is -0.462 e. The zero-order valence-electron chi connectivity index (χ0n) is 12.1. The molecule has 19 heavy (non-hydrogen) atoms. The fourth-order valence-electron chi connectivity index (χ4n) is 2.46. The molecule has 1 aromatic rings. The molecule has 0 N–H and O–H groups in total. The first kappa shape index (κ1) is 13.8. The average Bonchev–Trinajstić information content (AvgIpc) is 2.75. The van der Waals surface area contributed by atoms with E-state index in [2.05, 4.69) is 21.8 Å². The number of aryl methyl sites for hydroxylation is 2. The molecular formula is C14H21N3O2. The highest BCUT2D eigenvalue weighted by atomic mass is 16.5. The van der Waals surface area contributed by atoms with Crippen LogP contribution in [0, 0.1) is 19.8 Å². The number of esters is 1. The van der Waals surface area contributed by atoms with Crippen LogP contribution in [-0.2, 0) is 4.74 Å². The third kappa shape index (κ3) is 2.85. The van der Waals surface area contributed by atoms with Gasteiger partial charge in [0, 0.05) is 13.1 Å². The Kier molecular flexibility index (Phi) is 4.02. The number of ether oxygens (including phenoxy) is 1. The van der Waals surface area contributed by atoms with Gasteiger partial charge < -0.3 is 9.64 Å². The van der Waals surface area contributed by atoms with Gasteiger partial charge in [0.05, 0.1) is 18.0 Å². The standard InChI is InChI=1S/C14H21N3O2/c1-5-19-13(18)12-10(3)15-14(16-11(12)4)17-7-6-9(2)8-17/h9H,5-8H2,1-4H3. The van der Waals surface area contributed by atoms with Gasteiger partial charge in [0.25, 0.3) is 0 Å². The minimum absolute atomic E-state index is 0.334. The van der Waals surface area contributed by atoms with Crippen LogP contribution in [0.4, 0.5) is 5.95 Å². The monoisotopic (exact) mass is 263 g/mol. The van der Waals surface area contributed by atoms with Crippen LogP contribution in [0.25, 0.3) is 0 Å². The van der Waals surface area contributed by atoms with Gasteiger partial charge in [-0.15, -0.1) is 0 Å². The summed E-state index contributed by atoms with van der Waals surface area (Å²) in [6.07, 6.45) is 1.17. The lowest BCUT2D eigenvalue weighted by Crippen LogP contribution is -2.23. The van der Waals surface area contributed by atoms with E-state index in [1.165, 1.54) is 6.42 Å². The first-order valence-electron chi connectivity index (χ1n) is 6.80. The van der Waals surface area contributed by atoms with Crippen molar-refractivity contribution in [1.29, 1.82) is 0 Å². The van der Waals surface area contributed by atoms with Crippen molar-refractivity contribution in [3.05, 3.63) is 17.0 Å². The van der Waals surface area contributed by atoms with Gasteiger partial charge in [0.1, 0.15) is 5.56 Å². The summed E-state index contributed by atoms with van der Waals surface area (Å²) >= 11 is 0. The van der Waals surface area contributed by atoms with Crippen molar-refractivity contribution >= 4 is 11.9 Å². The third-order valence-electron chi connectivity index (χ3n) is 3.45. The summed E-state index contributed by atoms with van der Waals surface area (Å²) in [6, 6.07) is 0. The summed E-state index contributed by atoms with van der Waals surface area (Å²) in [5.41, 5.74) is 1.89. The molecule has 0 amide bonds. The van der Waals surface area contributed by atoms with Crippen LogP contribution < -0.4 is 4.90 Å². The van der Waals surface area contributed by atoms with E-state index in [9.17, 15) is 4.79 Å². The lowest BCUT2D eigenvalue weighted by atomic mass is 10.2. The molecule has 0 aliphatic carbocycles. The van der Waals surface area contributed by atoms with E-state index >= 15 is 0 Å². The molecule has 2 heterocycles. The molecule has 1 aliphatic heterocycles. The fraction of sp³-hybridized carbons (Fsp3) is 0.643. The third-order valence-corrected chi connectivity index (χ3v) is 3.45. The Bertz CT molecular complexity index is 465. The van der Waals surface area contributed by atoms with Crippen molar-refractivity contribution < 1.29 is 9.53 Å². The van der Waals surface area contributed by atoms with Crippen LogP contribution in [0.5, 0.6) is 0 Å². The molecule has 1 atom stereocenters. The molecular weight excluding hydrogens is 242 g/mol. The number of nitrogens with zero attached hydrogens (tertiary/aromatic N) is 3. The Labute approximate surface area is 114 Å². The Balaban J connectivity index is 2.29. The molecule has 5 nitrogen and oxygen atoms in total. The minimum atomic E-state index is -0.334. The molecule has 1 saturated heterocycles. The maximum atomic E-state index is 11.9. The number of hydrogen-bond donors (Lipinski definition) is 0. The molecule has 0 spiro atoms. The average molecular weight is 263 g/mol. The summed E-state index contributed by atoms with van der Waals surface area (Å²) in [4.78, 5) is 23.0. The van der Waals surface area contributed by atoms with E-state index in [-0.39, 0.29) is 5.97 Å². The summed E-state index contributed by atoms with van der Waals surface area (Å²) in [5, 5.41) is 0. The van der Waals surface area contributed by atoms with E-state index in [1.54, 1.807) is 6.92 Å². The second-order valence-electron chi connectivity index (χ2n) is 5.13. The van der Waals surface area contributed by atoms with E-state index in [4.69, 9.17) is 4.74 Å². The molecule has 2 rings (SSSR count). The Morgan fingerprint density at radius 2 is 2.00 bits per heavy atom. The van der Waals surface area contributed by atoms with Crippen LogP contribution >= 0.6 is 0 Å². The van der Waals surface area contributed by atoms with Crippen molar-refractivity contribution in [3.8, 4) is 0 Å². The van der Waals surface area contributed by atoms with Gasteiger partial charge in [-0.1, -0.05) is 6.92 Å². The Hall–Kier alpha value is -1.65. The molecule has 1 aliphatic rings. The first-order chi connectivity index (χ1) is 9.02. The zero-order chi connectivity index (χ0) is 14.0. The highest BCUT2D eigenvalue weighted by Gasteiger charge is 2.24. The van der Waals surface area contributed by atoms with Gasteiger partial charge in [-0.05, 0) is 33.1 Å². The maximum Gasteiger partial charge on any atom is 0.341 e. The number of carbonyl (C=O) groups excluding carboxylic acids is 1. The van der Waals surface area contributed by atoms with E-state index in [0.717, 1.165) is 19.0 Å². The predicted octanol–water partition coefficient (Wildman–Crippen LogP) is 2.12. The topological polar surface area (TPSA) is 55.3 Å². The van der Waals surface area contributed by atoms with Crippen LogP contribution in [0.3, 0.4) is 0 Å². The molecule has 104 valence electrons. The van der Waals surface area contributed by atoms with Crippen LogP contribution in [-0.4, -0.2) is 35.6 Å². The molecule has 0 aromatic carbocycles. The molecule has 0 bridgehead atoms. The van der Waals surface area contributed by atoms with Gasteiger partial charge in [0.15, 0.2) is 0 Å². The van der Waals surface area contributed by atoms with E-state index in [0.29, 0.717) is 29.5 Å². The van der Waals surface area contributed by atoms with Crippen molar-refractivity contribution in [2.45, 2.75) is 34.1 Å². The number of aromatic nitrogens is 2. The molecule has 1 aromatic heterocycles. The van der Waals surface area contributed by atoms with Crippen molar-refractivity contribution in [1.82, 2.24) is 9.97 Å². The molecule has 5 heteroatoms. The van der Waals surface area contributed by atoms with Gasteiger partial charge in [0.2, 0.25) is 5.95 Å². The first-order valence-corrected chi connectivity index (χ1v) is 6.80. The lowest BCUT2D eigenvalue weighted by molar-refractivity contribution is 0.0523. The van der Waals surface area contributed by atoms with Gasteiger partial charge >= 0.3 is 5.97 Å². The van der Waals surface area contributed by atoms with Crippen molar-refractivity contribution in [2.75, 3.05) is 24.6 Å². The van der Waals surface area contributed by atoms with Crippen LogP contribution in [0.15, 0.2) is 0 Å². The summed E-state index contributed by atoms with van der Waals surface area (Å²) in [7, 11) is 0. The van der Waals surface area contributed by atoms with E-state index in [1.807, 2.05) is 13.8 Å². The highest BCUT2D eigenvalue weighted by molar-refractivity contribution is 5.91. The second kappa shape index (κ2) is 5.55. The fourth-order valence-corrected chi connectivity index (χ4v) is 2.46.